The van der Waals surface area contributed by atoms with Crippen LogP contribution in [0.2, 0.25) is 0 Å². The first-order valence-corrected chi connectivity index (χ1v) is 10.7. The number of ether oxygens (including phenoxy) is 1. The molecule has 0 spiro atoms. The van der Waals surface area contributed by atoms with Gasteiger partial charge in [-0.1, -0.05) is 35.9 Å². The van der Waals surface area contributed by atoms with Crippen molar-refractivity contribution in [3.05, 3.63) is 47.0 Å². The summed E-state index contributed by atoms with van der Waals surface area (Å²) in [6.07, 6.45) is 1.07. The summed E-state index contributed by atoms with van der Waals surface area (Å²) in [6.45, 7) is 0.685. The van der Waals surface area contributed by atoms with Crippen molar-refractivity contribution in [3.63, 3.8) is 0 Å². The molecule has 32 heavy (non-hydrogen) atoms. The van der Waals surface area contributed by atoms with Gasteiger partial charge in [0.25, 0.3) is 0 Å². The fourth-order valence-electron chi connectivity index (χ4n) is 3.95. The lowest BCUT2D eigenvalue weighted by Gasteiger charge is -2.35. The van der Waals surface area contributed by atoms with Gasteiger partial charge in [-0.15, -0.1) is 13.2 Å². The lowest BCUT2D eigenvalue weighted by molar-refractivity contribution is -0.274. The molecule has 0 radical (unpaired) electrons. The number of likely N-dealkylation sites (tertiary alicyclic amines) is 1. The standard InChI is InChI=1S/C22H25ClF3N3O3/c1-27-13-20(30)29-11-5-4-7-18(29)21(31)28-14-9-10-15(17(23)12-14)16-6-2-3-8-19(16)32-22(24,25)26/h2-3,6,8,10,12,14,18,27H,4-5,7,9,11,13H2,1H3,(H,28,31). The molecular formula is C22H25ClF3N3O3. The van der Waals surface area contributed by atoms with Crippen LogP contribution in [0.5, 0.6) is 5.75 Å². The van der Waals surface area contributed by atoms with E-state index in [9.17, 15) is 22.8 Å². The first-order chi connectivity index (χ1) is 15.2. The maximum atomic E-state index is 12.9. The Morgan fingerprint density at radius 3 is 2.69 bits per heavy atom. The van der Waals surface area contributed by atoms with Gasteiger partial charge >= 0.3 is 6.36 Å². The molecule has 6 nitrogen and oxygen atoms in total. The van der Waals surface area contributed by atoms with Crippen molar-refractivity contribution in [2.24, 2.45) is 0 Å². The number of carbonyl (C=O) groups is 2. The molecule has 10 heteroatoms. The zero-order valence-electron chi connectivity index (χ0n) is 17.5. The van der Waals surface area contributed by atoms with Gasteiger partial charge in [0.2, 0.25) is 11.8 Å². The monoisotopic (exact) mass is 471 g/mol. The second-order valence-electron chi connectivity index (χ2n) is 7.66. The third-order valence-corrected chi connectivity index (χ3v) is 5.69. The number of rotatable bonds is 6. The van der Waals surface area contributed by atoms with Gasteiger partial charge in [0.15, 0.2) is 0 Å². The van der Waals surface area contributed by atoms with Crippen LogP contribution in [0.1, 0.15) is 31.2 Å². The molecule has 0 aromatic heterocycles. The van der Waals surface area contributed by atoms with E-state index in [0.29, 0.717) is 25.0 Å². The SMILES string of the molecule is CNCC(=O)N1CCCCC1C(=O)NC1C=C(Cl)C(c2ccccc2OC(F)(F)F)=CC1. The summed E-state index contributed by atoms with van der Waals surface area (Å²) in [7, 11) is 1.67. The highest BCUT2D eigenvalue weighted by molar-refractivity contribution is 6.37. The highest BCUT2D eigenvalue weighted by Gasteiger charge is 2.34. The third-order valence-electron chi connectivity index (χ3n) is 5.37. The van der Waals surface area contributed by atoms with Gasteiger partial charge in [0, 0.05) is 17.1 Å². The largest absolute Gasteiger partial charge is 0.573 e. The van der Waals surface area contributed by atoms with E-state index in [1.807, 2.05) is 0 Å². The van der Waals surface area contributed by atoms with Gasteiger partial charge in [-0.05, 0) is 50.4 Å². The number of likely N-dealkylation sites (N-methyl/N-ethyl adjacent to an activating group) is 1. The minimum absolute atomic E-state index is 0.131. The average molecular weight is 472 g/mol. The Balaban J connectivity index is 1.70. The Kier molecular flexibility index (Phi) is 7.84. The van der Waals surface area contributed by atoms with Crippen molar-refractivity contribution >= 4 is 29.0 Å². The molecule has 2 aliphatic rings. The van der Waals surface area contributed by atoms with E-state index >= 15 is 0 Å². The van der Waals surface area contributed by atoms with E-state index in [4.69, 9.17) is 11.6 Å². The molecule has 3 rings (SSSR count). The molecule has 1 aromatic rings. The smallest absolute Gasteiger partial charge is 0.405 e. The van der Waals surface area contributed by atoms with Gasteiger partial charge in [-0.3, -0.25) is 9.59 Å². The second-order valence-corrected chi connectivity index (χ2v) is 8.06. The quantitative estimate of drug-likeness (QED) is 0.665. The summed E-state index contributed by atoms with van der Waals surface area (Å²) in [6, 6.07) is 4.77. The van der Waals surface area contributed by atoms with Crippen LogP contribution >= 0.6 is 11.6 Å². The molecule has 174 valence electrons. The Morgan fingerprint density at radius 2 is 2.00 bits per heavy atom. The minimum Gasteiger partial charge on any atom is -0.405 e. The Bertz CT molecular complexity index is 917. The Morgan fingerprint density at radius 1 is 1.25 bits per heavy atom. The number of carbonyl (C=O) groups excluding carboxylic acids is 2. The molecule has 2 atom stereocenters. The number of benzene rings is 1. The zero-order chi connectivity index (χ0) is 23.3. The molecule has 2 unspecified atom stereocenters. The number of amides is 2. The number of hydrogen-bond donors (Lipinski definition) is 2. The number of hydrogen-bond acceptors (Lipinski definition) is 4. The summed E-state index contributed by atoms with van der Waals surface area (Å²) in [5.74, 6) is -0.744. The van der Waals surface area contributed by atoms with E-state index < -0.39 is 18.4 Å². The molecule has 1 aromatic carbocycles. The molecule has 1 aliphatic heterocycles. The third kappa shape index (κ3) is 6.04. The molecular weight excluding hydrogens is 447 g/mol. The number of allylic oxidation sites excluding steroid dienone is 2. The molecule has 0 saturated carbocycles. The van der Waals surface area contributed by atoms with Gasteiger partial charge in [0.1, 0.15) is 11.8 Å². The van der Waals surface area contributed by atoms with E-state index in [1.165, 1.54) is 18.2 Å². The number of piperidine rings is 1. The summed E-state index contributed by atoms with van der Waals surface area (Å²) >= 11 is 6.38. The molecule has 1 fully saturated rings. The second kappa shape index (κ2) is 10.4. The van der Waals surface area contributed by atoms with Gasteiger partial charge in [-0.2, -0.15) is 0 Å². The normalized spacial score (nSPS) is 21.5. The number of nitrogens with zero attached hydrogens (tertiary/aromatic N) is 1. The van der Waals surface area contributed by atoms with Gasteiger partial charge < -0.3 is 20.3 Å². The van der Waals surface area contributed by atoms with Crippen molar-refractivity contribution in [1.29, 1.82) is 0 Å². The molecule has 1 saturated heterocycles. The van der Waals surface area contributed by atoms with Crippen molar-refractivity contribution < 1.29 is 27.5 Å². The van der Waals surface area contributed by atoms with Gasteiger partial charge in [-0.25, -0.2) is 0 Å². The lowest BCUT2D eigenvalue weighted by atomic mass is 9.95. The highest BCUT2D eigenvalue weighted by atomic mass is 35.5. The van der Waals surface area contributed by atoms with E-state index in [1.54, 1.807) is 30.2 Å². The van der Waals surface area contributed by atoms with Crippen LogP contribution in [0.3, 0.4) is 0 Å². The van der Waals surface area contributed by atoms with Crippen molar-refractivity contribution in [2.45, 2.75) is 44.1 Å². The van der Waals surface area contributed by atoms with E-state index in [-0.39, 0.29) is 34.7 Å². The van der Waals surface area contributed by atoms with Crippen LogP contribution in [0.4, 0.5) is 13.2 Å². The first-order valence-electron chi connectivity index (χ1n) is 10.4. The van der Waals surface area contributed by atoms with Crippen LogP contribution in [0.15, 0.2) is 41.4 Å². The fourth-order valence-corrected chi connectivity index (χ4v) is 4.28. The molecule has 2 N–H and O–H groups in total. The zero-order valence-corrected chi connectivity index (χ0v) is 18.3. The van der Waals surface area contributed by atoms with Gasteiger partial charge in [0.05, 0.1) is 12.6 Å². The van der Waals surface area contributed by atoms with Crippen LogP contribution in [0, 0.1) is 0 Å². The Hall–Kier alpha value is -2.52. The summed E-state index contributed by atoms with van der Waals surface area (Å²) in [4.78, 5) is 26.8. The topological polar surface area (TPSA) is 70.7 Å². The predicted molar refractivity (Wildman–Crippen MR) is 115 cm³/mol. The van der Waals surface area contributed by atoms with E-state index in [2.05, 4.69) is 15.4 Å². The number of halogens is 4. The Labute approximate surface area is 189 Å². The maximum absolute atomic E-state index is 12.9. The number of alkyl halides is 3. The first kappa shape index (κ1) is 24.1. The van der Waals surface area contributed by atoms with Crippen LogP contribution < -0.4 is 15.4 Å². The van der Waals surface area contributed by atoms with Crippen molar-refractivity contribution in [3.8, 4) is 5.75 Å². The average Bonchev–Trinajstić information content (AvgIpc) is 2.73. The highest BCUT2D eigenvalue weighted by Crippen LogP contribution is 2.38. The minimum atomic E-state index is -4.82. The number of para-hydroxylation sites is 1. The van der Waals surface area contributed by atoms with Crippen molar-refractivity contribution in [1.82, 2.24) is 15.5 Å². The van der Waals surface area contributed by atoms with Crippen molar-refractivity contribution in [2.75, 3.05) is 20.1 Å². The van der Waals surface area contributed by atoms with Crippen LogP contribution in [-0.2, 0) is 9.59 Å². The van der Waals surface area contributed by atoms with E-state index in [0.717, 1.165) is 12.8 Å². The van der Waals surface area contributed by atoms with Crippen LogP contribution in [0.25, 0.3) is 5.57 Å². The summed E-state index contributed by atoms with van der Waals surface area (Å²) < 4.78 is 42.3. The lowest BCUT2D eigenvalue weighted by Crippen LogP contribution is -2.55. The fraction of sp³-hybridized carbons (Fsp3) is 0.455. The summed E-state index contributed by atoms with van der Waals surface area (Å²) in [5.41, 5.74) is 0.618. The molecule has 0 bridgehead atoms. The number of nitrogens with one attached hydrogen (secondary N) is 2. The van der Waals surface area contributed by atoms with Crippen LogP contribution in [-0.4, -0.2) is 55.3 Å². The molecule has 1 heterocycles. The summed E-state index contributed by atoms with van der Waals surface area (Å²) in [5, 5.41) is 5.93. The predicted octanol–water partition coefficient (Wildman–Crippen LogP) is 3.58. The molecule has 2 amide bonds. The maximum Gasteiger partial charge on any atom is 0.573 e. The molecule has 1 aliphatic carbocycles.